The average Bonchev–Trinajstić information content (AvgIpc) is 2.51. The van der Waals surface area contributed by atoms with E-state index in [4.69, 9.17) is 0 Å². The van der Waals surface area contributed by atoms with E-state index in [1.165, 1.54) is 0 Å². The van der Waals surface area contributed by atoms with Gasteiger partial charge < -0.3 is 4.90 Å². The van der Waals surface area contributed by atoms with Gasteiger partial charge in [-0.15, -0.1) is 0 Å². The third kappa shape index (κ3) is 3.29. The molecule has 0 spiro atoms. The first kappa shape index (κ1) is 17.3. The highest BCUT2D eigenvalue weighted by Crippen LogP contribution is 2.34. The van der Waals surface area contributed by atoms with Crippen LogP contribution >= 0.6 is 0 Å². The number of hydrogen-bond donors (Lipinski definition) is 0. The molecule has 0 aliphatic carbocycles. The Bertz CT molecular complexity index is 779. The lowest BCUT2D eigenvalue weighted by Gasteiger charge is -2.32. The van der Waals surface area contributed by atoms with Crippen LogP contribution in [0.4, 0.5) is 18.9 Å². The number of carbonyl (C=O) groups is 1. The predicted octanol–water partition coefficient (Wildman–Crippen LogP) is 2.60. The smallest absolute Gasteiger partial charge is 0.227 e. The normalized spacial score (nSPS) is 23.0. The van der Waals surface area contributed by atoms with Crippen molar-refractivity contribution in [3.63, 3.8) is 0 Å². The molecule has 4 nitrogen and oxygen atoms in total. The third-order valence-corrected chi connectivity index (χ3v) is 6.53. The Kier molecular flexibility index (Phi) is 4.59. The Hall–Kier alpha value is -1.57. The SMILES string of the molecule is O=C(C[C@H]1CCCS(=O)(=O)C1)N1CCCc2c(F)c(F)cc(F)c21. The van der Waals surface area contributed by atoms with Gasteiger partial charge in [0.15, 0.2) is 21.5 Å². The number of carbonyl (C=O) groups excluding carboxylic acids is 1. The second kappa shape index (κ2) is 6.38. The van der Waals surface area contributed by atoms with Crippen LogP contribution in [-0.2, 0) is 21.1 Å². The summed E-state index contributed by atoms with van der Waals surface area (Å²) in [5.41, 5.74) is -0.327. The number of halogens is 3. The van der Waals surface area contributed by atoms with E-state index in [9.17, 15) is 26.4 Å². The van der Waals surface area contributed by atoms with E-state index in [-0.39, 0.29) is 48.1 Å². The minimum atomic E-state index is -3.14. The van der Waals surface area contributed by atoms with Gasteiger partial charge in [0.25, 0.3) is 0 Å². The van der Waals surface area contributed by atoms with Gasteiger partial charge in [-0.25, -0.2) is 21.6 Å². The molecule has 0 aromatic heterocycles. The number of sulfone groups is 1. The highest BCUT2D eigenvalue weighted by atomic mass is 32.2. The average molecular weight is 361 g/mol. The molecule has 1 amide bonds. The van der Waals surface area contributed by atoms with Gasteiger partial charge in [0.2, 0.25) is 5.91 Å². The summed E-state index contributed by atoms with van der Waals surface area (Å²) in [6, 6.07) is 0.449. The van der Waals surface area contributed by atoms with Crippen molar-refractivity contribution in [3.8, 4) is 0 Å². The van der Waals surface area contributed by atoms with Crippen LogP contribution in [-0.4, -0.2) is 32.4 Å². The van der Waals surface area contributed by atoms with E-state index in [2.05, 4.69) is 0 Å². The van der Waals surface area contributed by atoms with Gasteiger partial charge in [0.05, 0.1) is 17.2 Å². The molecular weight excluding hydrogens is 343 g/mol. The highest BCUT2D eigenvalue weighted by Gasteiger charge is 2.33. The maximum atomic E-state index is 14.1. The van der Waals surface area contributed by atoms with Gasteiger partial charge >= 0.3 is 0 Å². The zero-order valence-corrected chi connectivity index (χ0v) is 13.8. The molecule has 0 bridgehead atoms. The fourth-order valence-electron chi connectivity index (χ4n) is 3.57. The van der Waals surface area contributed by atoms with Crippen molar-refractivity contribution in [2.24, 2.45) is 5.92 Å². The topological polar surface area (TPSA) is 54.5 Å². The summed E-state index contributed by atoms with van der Waals surface area (Å²) in [7, 11) is -3.14. The molecule has 2 aliphatic rings. The van der Waals surface area contributed by atoms with Gasteiger partial charge in [0.1, 0.15) is 5.82 Å². The maximum absolute atomic E-state index is 14.1. The molecule has 24 heavy (non-hydrogen) atoms. The monoisotopic (exact) mass is 361 g/mol. The summed E-state index contributed by atoms with van der Waals surface area (Å²) < 4.78 is 64.8. The van der Waals surface area contributed by atoms with Crippen LogP contribution < -0.4 is 4.90 Å². The van der Waals surface area contributed by atoms with Gasteiger partial charge in [-0.1, -0.05) is 0 Å². The van der Waals surface area contributed by atoms with Crippen molar-refractivity contribution in [1.82, 2.24) is 0 Å². The molecule has 1 saturated heterocycles. The Labute approximate surface area is 138 Å². The zero-order valence-electron chi connectivity index (χ0n) is 13.0. The Balaban J connectivity index is 1.84. The molecule has 1 aromatic rings. The van der Waals surface area contributed by atoms with Crippen molar-refractivity contribution < 1.29 is 26.4 Å². The Morgan fingerprint density at radius 3 is 2.67 bits per heavy atom. The van der Waals surface area contributed by atoms with Gasteiger partial charge in [0, 0.05) is 24.6 Å². The molecule has 8 heteroatoms. The van der Waals surface area contributed by atoms with Crippen LogP contribution in [0.15, 0.2) is 6.07 Å². The molecule has 0 N–H and O–H groups in total. The van der Waals surface area contributed by atoms with Crippen LogP contribution in [0.3, 0.4) is 0 Å². The highest BCUT2D eigenvalue weighted by molar-refractivity contribution is 7.91. The summed E-state index contributed by atoms with van der Waals surface area (Å²) in [5, 5.41) is 0. The first-order valence-corrected chi connectivity index (χ1v) is 9.78. The van der Waals surface area contributed by atoms with Crippen LogP contribution in [0.1, 0.15) is 31.2 Å². The molecular formula is C16H18F3NO3S. The molecule has 1 fully saturated rings. The lowest BCUT2D eigenvalue weighted by atomic mass is 9.97. The van der Waals surface area contributed by atoms with Crippen molar-refractivity contribution >= 4 is 21.4 Å². The van der Waals surface area contributed by atoms with Gasteiger partial charge in [-0.3, -0.25) is 4.79 Å². The second-order valence-corrected chi connectivity index (χ2v) is 8.69. The molecule has 2 heterocycles. The number of rotatable bonds is 2. The maximum Gasteiger partial charge on any atom is 0.227 e. The second-order valence-electron chi connectivity index (χ2n) is 6.46. The predicted molar refractivity (Wildman–Crippen MR) is 83.0 cm³/mol. The molecule has 1 atom stereocenters. The first-order valence-electron chi connectivity index (χ1n) is 7.95. The summed E-state index contributed by atoms with van der Waals surface area (Å²) in [5.74, 6) is -4.03. The Morgan fingerprint density at radius 1 is 1.21 bits per heavy atom. The number of nitrogens with zero attached hydrogens (tertiary/aromatic N) is 1. The van der Waals surface area contributed by atoms with E-state index in [1.54, 1.807) is 0 Å². The number of fused-ring (bicyclic) bond motifs is 1. The lowest BCUT2D eigenvalue weighted by molar-refractivity contribution is -0.119. The minimum Gasteiger partial charge on any atom is -0.309 e. The molecule has 3 rings (SSSR count). The van der Waals surface area contributed by atoms with Crippen molar-refractivity contribution in [3.05, 3.63) is 29.1 Å². The minimum absolute atomic E-state index is 0.0306. The Morgan fingerprint density at radius 2 is 1.96 bits per heavy atom. The third-order valence-electron chi connectivity index (χ3n) is 4.64. The number of hydrogen-bond acceptors (Lipinski definition) is 3. The first-order chi connectivity index (χ1) is 11.3. The molecule has 0 unspecified atom stereocenters. The van der Waals surface area contributed by atoms with Crippen molar-refractivity contribution in [2.75, 3.05) is 23.0 Å². The summed E-state index contributed by atoms with van der Waals surface area (Å²) in [6.45, 7) is 0.216. The van der Waals surface area contributed by atoms with Gasteiger partial charge in [-0.2, -0.15) is 0 Å². The van der Waals surface area contributed by atoms with Crippen LogP contribution in [0.25, 0.3) is 0 Å². The fraction of sp³-hybridized carbons (Fsp3) is 0.562. The van der Waals surface area contributed by atoms with Crippen molar-refractivity contribution in [1.29, 1.82) is 0 Å². The standard InChI is InChI=1S/C16H18F3NO3S/c17-12-8-13(18)16-11(15(12)19)4-1-5-20(16)14(21)7-10-3-2-6-24(22,23)9-10/h8,10H,1-7,9H2/t10-/m1/s1. The van der Waals surface area contributed by atoms with Crippen molar-refractivity contribution in [2.45, 2.75) is 32.1 Å². The van der Waals surface area contributed by atoms with E-state index >= 15 is 0 Å². The van der Waals surface area contributed by atoms with Crippen LogP contribution in [0, 0.1) is 23.4 Å². The van der Waals surface area contributed by atoms with Crippen LogP contribution in [0.2, 0.25) is 0 Å². The number of anilines is 1. The van der Waals surface area contributed by atoms with E-state index in [0.29, 0.717) is 25.3 Å². The molecule has 0 saturated carbocycles. The molecule has 2 aliphatic heterocycles. The fourth-order valence-corrected chi connectivity index (χ4v) is 5.34. The largest absolute Gasteiger partial charge is 0.309 e. The van der Waals surface area contributed by atoms with Crippen LogP contribution in [0.5, 0.6) is 0 Å². The zero-order chi connectivity index (χ0) is 17.5. The lowest BCUT2D eigenvalue weighted by Crippen LogP contribution is -2.39. The molecule has 1 aromatic carbocycles. The van der Waals surface area contributed by atoms with E-state index in [1.807, 2.05) is 0 Å². The number of amides is 1. The molecule has 132 valence electrons. The summed E-state index contributed by atoms with van der Waals surface area (Å²) in [4.78, 5) is 13.7. The van der Waals surface area contributed by atoms with E-state index in [0.717, 1.165) is 4.90 Å². The van der Waals surface area contributed by atoms with E-state index < -0.39 is 33.2 Å². The quantitative estimate of drug-likeness (QED) is 0.761. The number of benzene rings is 1. The summed E-state index contributed by atoms with van der Waals surface area (Å²) >= 11 is 0. The molecule has 0 radical (unpaired) electrons. The van der Waals surface area contributed by atoms with Gasteiger partial charge in [-0.05, 0) is 31.6 Å². The summed E-state index contributed by atoms with van der Waals surface area (Å²) in [6.07, 6.45) is 1.66.